The van der Waals surface area contributed by atoms with Crippen LogP contribution < -0.4 is 22.9 Å². The highest BCUT2D eigenvalue weighted by Crippen LogP contribution is 2.71. The number of nitrogens with one attached hydrogen (secondary N) is 1. The summed E-state index contributed by atoms with van der Waals surface area (Å²) in [5.74, 6) is -0.387. The third kappa shape index (κ3) is 4.77. The molecule has 1 heterocycles. The topological polar surface area (TPSA) is 118 Å². The van der Waals surface area contributed by atoms with Gasteiger partial charge in [-0.3, -0.25) is 4.79 Å². The molecule has 0 spiro atoms. The molecule has 4 aliphatic rings. The molecule has 4 saturated carbocycles. The number of aldehydes is 1. The highest BCUT2D eigenvalue weighted by molar-refractivity contribution is 5.70. The van der Waals surface area contributed by atoms with Crippen molar-refractivity contribution in [3.63, 3.8) is 0 Å². The van der Waals surface area contributed by atoms with Crippen molar-refractivity contribution in [1.82, 2.24) is 0 Å². The summed E-state index contributed by atoms with van der Waals surface area (Å²) < 4.78 is 11.0. The lowest BCUT2D eigenvalue weighted by Gasteiger charge is -2.65. The van der Waals surface area contributed by atoms with Crippen molar-refractivity contribution in [3.8, 4) is 0 Å². The predicted octanol–water partition coefficient (Wildman–Crippen LogP) is -0.594. The van der Waals surface area contributed by atoms with Gasteiger partial charge in [0.05, 0.1) is 48.9 Å². The van der Waals surface area contributed by atoms with Crippen molar-refractivity contribution in [2.45, 2.75) is 108 Å². The van der Waals surface area contributed by atoms with Gasteiger partial charge < -0.3 is 41.5 Å². The SMILES string of the molecule is CC[NH+](CC)CCC(=O)OC1CCC2(C=O)C3CCC4(C)C(c5ccc(=O)oc5)CCC4(O)C3CCC2(O)C1.[Cl-]. The summed E-state index contributed by atoms with van der Waals surface area (Å²) in [4.78, 5) is 38.5. The number of carbonyl (C=O) groups excluding carboxylic acids is 2. The first-order valence-electron chi connectivity index (χ1n) is 15.1. The van der Waals surface area contributed by atoms with E-state index in [0.29, 0.717) is 38.5 Å². The number of esters is 1. The Balaban J connectivity index is 0.00000370. The quantitative estimate of drug-likeness (QED) is 0.278. The Kier molecular flexibility index (Phi) is 8.97. The first-order valence-corrected chi connectivity index (χ1v) is 15.1. The minimum absolute atomic E-state index is 0. The lowest BCUT2D eigenvalue weighted by molar-refractivity contribution is -0.895. The number of halogens is 1. The van der Waals surface area contributed by atoms with Gasteiger partial charge in [0, 0.05) is 17.9 Å². The summed E-state index contributed by atoms with van der Waals surface area (Å²) in [5, 5.41) is 24.4. The molecule has 8 nitrogen and oxygen atoms in total. The van der Waals surface area contributed by atoms with E-state index < -0.39 is 22.0 Å². The summed E-state index contributed by atoms with van der Waals surface area (Å²) in [6.07, 6.45) is 7.70. The Hall–Kier alpha value is -1.74. The van der Waals surface area contributed by atoms with Gasteiger partial charge in [0.1, 0.15) is 12.4 Å². The van der Waals surface area contributed by atoms with E-state index in [-0.39, 0.29) is 54.3 Å². The Bertz CT molecular complexity index is 1120. The Labute approximate surface area is 243 Å². The van der Waals surface area contributed by atoms with E-state index in [1.54, 1.807) is 0 Å². The van der Waals surface area contributed by atoms with Crippen LogP contribution in [0.5, 0.6) is 0 Å². The molecule has 0 amide bonds. The van der Waals surface area contributed by atoms with E-state index >= 15 is 0 Å². The zero-order chi connectivity index (χ0) is 28.1. The maximum Gasteiger partial charge on any atom is 0.335 e. The first-order chi connectivity index (χ1) is 18.6. The highest BCUT2D eigenvalue weighted by Gasteiger charge is 2.71. The fourth-order valence-corrected chi connectivity index (χ4v) is 9.46. The zero-order valence-electron chi connectivity index (χ0n) is 24.1. The normalized spacial score (nSPS) is 40.4. The Morgan fingerprint density at radius 3 is 2.45 bits per heavy atom. The molecular formula is C31H46ClNO7. The molecular weight excluding hydrogens is 534 g/mol. The second kappa shape index (κ2) is 11.5. The number of hydrogen-bond donors (Lipinski definition) is 3. The van der Waals surface area contributed by atoms with Crippen molar-refractivity contribution in [2.24, 2.45) is 22.7 Å². The molecule has 8 unspecified atom stereocenters. The summed E-state index contributed by atoms with van der Waals surface area (Å²) in [7, 11) is 0. The second-order valence-corrected chi connectivity index (χ2v) is 13.1. The molecule has 1 aromatic heterocycles. The summed E-state index contributed by atoms with van der Waals surface area (Å²) in [6.45, 7) is 9.02. The predicted molar refractivity (Wildman–Crippen MR) is 144 cm³/mol. The standard InChI is InChI=1S/C31H45NO7.ClH/c1-4-32(5-2)17-12-27(35)39-22-8-14-29(20-33)24-9-13-28(3)23(21-6-7-26(34)38-19-21)11-16-31(28,37)25(24)10-15-30(29,36)18-22;/h6-7,19-20,22-25,36-37H,4-5,8-18H2,1-3H3;1H. The van der Waals surface area contributed by atoms with Crippen LogP contribution in [-0.4, -0.2) is 59.4 Å². The molecule has 5 rings (SSSR count). The second-order valence-electron chi connectivity index (χ2n) is 13.1. The molecule has 4 aliphatic carbocycles. The molecule has 9 heteroatoms. The van der Waals surface area contributed by atoms with Crippen molar-refractivity contribution < 1.29 is 46.3 Å². The minimum Gasteiger partial charge on any atom is -1.00 e. The molecule has 4 fully saturated rings. The third-order valence-corrected chi connectivity index (χ3v) is 11.8. The van der Waals surface area contributed by atoms with Crippen LogP contribution in [0.4, 0.5) is 0 Å². The van der Waals surface area contributed by atoms with E-state index in [9.17, 15) is 24.6 Å². The van der Waals surface area contributed by atoms with Crippen LogP contribution in [0, 0.1) is 22.7 Å². The average Bonchev–Trinajstić information content (AvgIpc) is 3.20. The third-order valence-electron chi connectivity index (χ3n) is 11.8. The first kappa shape index (κ1) is 31.2. The fraction of sp³-hybridized carbons (Fsp3) is 0.774. The molecule has 40 heavy (non-hydrogen) atoms. The Morgan fingerprint density at radius 2 is 1.80 bits per heavy atom. The molecule has 0 saturated heterocycles. The number of ether oxygens (including phenoxy) is 1. The number of quaternary nitrogens is 1. The molecule has 0 bridgehead atoms. The maximum absolute atomic E-state index is 12.9. The number of carbonyl (C=O) groups is 2. The highest BCUT2D eigenvalue weighted by atomic mass is 35.5. The number of fused-ring (bicyclic) bond motifs is 5. The van der Waals surface area contributed by atoms with Gasteiger partial charge in [-0.15, -0.1) is 0 Å². The minimum atomic E-state index is -1.24. The summed E-state index contributed by atoms with van der Waals surface area (Å²) in [6, 6.07) is 3.26. The smallest absolute Gasteiger partial charge is 0.335 e. The number of aliphatic hydroxyl groups is 2. The van der Waals surface area contributed by atoms with Gasteiger partial charge in [-0.2, -0.15) is 0 Å². The molecule has 1 aromatic rings. The average molecular weight is 580 g/mol. The van der Waals surface area contributed by atoms with Gasteiger partial charge >= 0.3 is 11.6 Å². The van der Waals surface area contributed by atoms with Gasteiger partial charge in [0.25, 0.3) is 0 Å². The molecule has 0 radical (unpaired) electrons. The van der Waals surface area contributed by atoms with E-state index in [2.05, 4.69) is 20.8 Å². The maximum atomic E-state index is 12.9. The monoisotopic (exact) mass is 579 g/mol. The van der Waals surface area contributed by atoms with Crippen LogP contribution in [0.2, 0.25) is 0 Å². The van der Waals surface area contributed by atoms with Crippen molar-refractivity contribution in [3.05, 3.63) is 34.4 Å². The van der Waals surface area contributed by atoms with Gasteiger partial charge in [-0.25, -0.2) is 4.79 Å². The van der Waals surface area contributed by atoms with Crippen LogP contribution in [-0.2, 0) is 14.3 Å². The van der Waals surface area contributed by atoms with E-state index in [4.69, 9.17) is 9.15 Å². The molecule has 3 N–H and O–H groups in total. The van der Waals surface area contributed by atoms with Gasteiger partial charge in [0.2, 0.25) is 0 Å². The van der Waals surface area contributed by atoms with Gasteiger partial charge in [-0.05, 0) is 94.6 Å². The van der Waals surface area contributed by atoms with Crippen LogP contribution in [0.25, 0.3) is 0 Å². The Morgan fingerprint density at radius 1 is 1.07 bits per heavy atom. The number of rotatable bonds is 8. The van der Waals surface area contributed by atoms with Gasteiger partial charge in [0.15, 0.2) is 0 Å². The summed E-state index contributed by atoms with van der Waals surface area (Å²) in [5.41, 5.74) is -3.01. The van der Waals surface area contributed by atoms with Gasteiger partial charge in [-0.1, -0.05) is 6.92 Å². The lowest BCUT2D eigenvalue weighted by atomic mass is 9.41. The lowest BCUT2D eigenvalue weighted by Crippen LogP contribution is -3.11. The molecule has 0 aliphatic heterocycles. The van der Waals surface area contributed by atoms with Crippen LogP contribution in [0.3, 0.4) is 0 Å². The van der Waals surface area contributed by atoms with E-state index in [1.807, 2.05) is 6.07 Å². The molecule has 0 aromatic carbocycles. The number of hydrogen-bond acceptors (Lipinski definition) is 7. The van der Waals surface area contributed by atoms with Crippen LogP contribution in [0.1, 0.15) is 96.5 Å². The molecule has 8 atom stereocenters. The fourth-order valence-electron chi connectivity index (χ4n) is 9.46. The van der Waals surface area contributed by atoms with Crippen molar-refractivity contribution in [1.29, 1.82) is 0 Å². The van der Waals surface area contributed by atoms with Crippen molar-refractivity contribution in [2.75, 3.05) is 19.6 Å². The van der Waals surface area contributed by atoms with E-state index in [0.717, 1.165) is 50.7 Å². The molecule has 224 valence electrons. The largest absolute Gasteiger partial charge is 1.00 e. The van der Waals surface area contributed by atoms with Crippen LogP contribution >= 0.6 is 0 Å². The summed E-state index contributed by atoms with van der Waals surface area (Å²) >= 11 is 0. The zero-order valence-corrected chi connectivity index (χ0v) is 24.9. The van der Waals surface area contributed by atoms with Crippen molar-refractivity contribution >= 4 is 12.3 Å². The van der Waals surface area contributed by atoms with E-state index in [1.165, 1.54) is 17.2 Å². The van der Waals surface area contributed by atoms with Crippen LogP contribution in [0.15, 0.2) is 27.6 Å².